The van der Waals surface area contributed by atoms with Gasteiger partial charge in [0.05, 0.1) is 11.4 Å². The summed E-state index contributed by atoms with van der Waals surface area (Å²) >= 11 is 5.71. The van der Waals surface area contributed by atoms with Crippen LogP contribution in [0.15, 0.2) is 27.4 Å². The van der Waals surface area contributed by atoms with Crippen molar-refractivity contribution in [1.29, 1.82) is 0 Å². The van der Waals surface area contributed by atoms with Gasteiger partial charge in [-0.1, -0.05) is 32.4 Å². The van der Waals surface area contributed by atoms with Gasteiger partial charge in [0.15, 0.2) is 0 Å². The normalized spacial score (nSPS) is 11.9. The van der Waals surface area contributed by atoms with Crippen molar-refractivity contribution in [2.75, 3.05) is 0 Å². The molecule has 19 heavy (non-hydrogen) atoms. The van der Waals surface area contributed by atoms with Gasteiger partial charge in [-0.3, -0.25) is 0 Å². The fourth-order valence-electron chi connectivity index (χ4n) is 2.08. The number of oxazole rings is 1. The lowest BCUT2D eigenvalue weighted by Gasteiger charge is -2.15. The van der Waals surface area contributed by atoms with Crippen LogP contribution in [-0.4, -0.2) is 4.57 Å². The van der Waals surface area contributed by atoms with Crippen LogP contribution in [-0.2, 0) is 5.41 Å². The Morgan fingerprint density at radius 3 is 2.42 bits per heavy atom. The molecule has 0 amide bonds. The molecule has 0 aliphatic rings. The second-order valence-electron chi connectivity index (χ2n) is 5.46. The molecule has 0 saturated carbocycles. The van der Waals surface area contributed by atoms with E-state index in [-0.39, 0.29) is 16.1 Å². The molecular weight excluding hydrogens is 269 g/mol. The summed E-state index contributed by atoms with van der Waals surface area (Å²) in [5, 5.41) is 0.284. The van der Waals surface area contributed by atoms with Crippen LogP contribution in [0.2, 0.25) is 5.02 Å². The minimum Gasteiger partial charge on any atom is -0.412 e. The first-order valence-corrected chi connectivity index (χ1v) is 6.28. The van der Waals surface area contributed by atoms with E-state index in [1.54, 1.807) is 6.92 Å². The molecule has 5 heteroatoms. The summed E-state index contributed by atoms with van der Waals surface area (Å²) in [5.74, 6) is -0.602. The Labute approximate surface area is 115 Å². The summed E-state index contributed by atoms with van der Waals surface area (Å²) in [6.45, 7) is 7.53. The van der Waals surface area contributed by atoms with E-state index in [1.165, 1.54) is 22.8 Å². The van der Waals surface area contributed by atoms with Crippen molar-refractivity contribution >= 4 is 11.6 Å². The molecule has 0 saturated heterocycles. The van der Waals surface area contributed by atoms with Gasteiger partial charge in [-0.15, -0.1) is 0 Å². The molecule has 1 aromatic heterocycles. The van der Waals surface area contributed by atoms with Crippen molar-refractivity contribution in [2.24, 2.45) is 0 Å². The highest BCUT2D eigenvalue weighted by Crippen LogP contribution is 2.27. The van der Waals surface area contributed by atoms with Crippen molar-refractivity contribution in [3.05, 3.63) is 51.0 Å². The Balaban J connectivity index is 2.71. The lowest BCUT2D eigenvalue weighted by molar-refractivity contribution is 0.383. The Bertz CT molecular complexity index is 680. The fraction of sp³-hybridized carbons (Fsp3) is 0.357. The predicted octanol–water partition coefficient (Wildman–Crippen LogP) is 3.83. The van der Waals surface area contributed by atoms with Crippen LogP contribution in [0.3, 0.4) is 0 Å². The average molecular weight is 284 g/mol. The Morgan fingerprint density at radius 1 is 1.32 bits per heavy atom. The monoisotopic (exact) mass is 283 g/mol. The second kappa shape index (κ2) is 4.53. The van der Waals surface area contributed by atoms with Crippen molar-refractivity contribution in [3.8, 4) is 5.69 Å². The zero-order valence-electron chi connectivity index (χ0n) is 11.3. The maximum absolute atomic E-state index is 13.9. The summed E-state index contributed by atoms with van der Waals surface area (Å²) < 4.78 is 20.4. The number of hydrogen-bond donors (Lipinski definition) is 0. The molecule has 2 rings (SSSR count). The summed E-state index contributed by atoms with van der Waals surface area (Å²) in [4.78, 5) is 11.9. The number of rotatable bonds is 1. The molecule has 0 radical (unpaired) electrons. The lowest BCUT2D eigenvalue weighted by Crippen LogP contribution is -2.15. The Hall–Kier alpha value is -1.55. The van der Waals surface area contributed by atoms with Crippen molar-refractivity contribution < 1.29 is 8.81 Å². The Kier molecular flexibility index (Phi) is 3.31. The molecule has 0 unspecified atom stereocenters. The third kappa shape index (κ3) is 2.45. The minimum atomic E-state index is -0.594. The van der Waals surface area contributed by atoms with Crippen molar-refractivity contribution in [2.45, 2.75) is 33.1 Å². The van der Waals surface area contributed by atoms with Gasteiger partial charge in [-0.2, -0.15) is 0 Å². The fourth-order valence-corrected chi connectivity index (χ4v) is 2.24. The largest absolute Gasteiger partial charge is 0.424 e. The maximum atomic E-state index is 13.9. The minimum absolute atomic E-state index is 0.145. The van der Waals surface area contributed by atoms with Gasteiger partial charge in [-0.05, 0) is 25.1 Å². The first-order valence-electron chi connectivity index (χ1n) is 5.90. The molecular formula is C14H15ClFNO2. The summed E-state index contributed by atoms with van der Waals surface area (Å²) in [5.41, 5.74) is 0.419. The van der Waals surface area contributed by atoms with E-state index in [0.29, 0.717) is 11.5 Å². The van der Waals surface area contributed by atoms with Gasteiger partial charge in [0.1, 0.15) is 11.6 Å². The molecule has 3 nitrogen and oxygen atoms in total. The van der Waals surface area contributed by atoms with Crippen LogP contribution in [0.25, 0.3) is 5.69 Å². The molecule has 0 atom stereocenters. The molecule has 1 heterocycles. The van der Waals surface area contributed by atoms with E-state index < -0.39 is 11.6 Å². The third-order valence-electron chi connectivity index (χ3n) is 2.87. The molecule has 0 spiro atoms. The van der Waals surface area contributed by atoms with Crippen molar-refractivity contribution in [1.82, 2.24) is 4.57 Å². The molecule has 102 valence electrons. The van der Waals surface area contributed by atoms with Crippen LogP contribution < -0.4 is 5.76 Å². The predicted molar refractivity (Wildman–Crippen MR) is 72.7 cm³/mol. The zero-order valence-corrected chi connectivity index (χ0v) is 12.0. The molecule has 0 bridgehead atoms. The zero-order chi connectivity index (χ0) is 14.4. The van der Waals surface area contributed by atoms with Crippen LogP contribution in [0.5, 0.6) is 0 Å². The quantitative estimate of drug-likeness (QED) is 0.797. The second-order valence-corrected chi connectivity index (χ2v) is 5.90. The van der Waals surface area contributed by atoms with Crippen LogP contribution in [0, 0.1) is 12.7 Å². The standard InChI is InChI=1S/C14H15ClFNO2/c1-8-12(14(2,3)4)19-13(18)17(8)11-6-5-9(15)7-10(11)16/h5-7H,1-4H3. The lowest BCUT2D eigenvalue weighted by atomic mass is 9.92. The smallest absolute Gasteiger partial charge is 0.412 e. The van der Waals surface area contributed by atoms with Gasteiger partial charge in [0.25, 0.3) is 0 Å². The number of hydrogen-bond acceptors (Lipinski definition) is 2. The Morgan fingerprint density at radius 2 is 1.95 bits per heavy atom. The molecule has 2 aromatic rings. The van der Waals surface area contributed by atoms with E-state index in [0.717, 1.165) is 0 Å². The van der Waals surface area contributed by atoms with Gasteiger partial charge in [0.2, 0.25) is 0 Å². The van der Waals surface area contributed by atoms with E-state index in [4.69, 9.17) is 16.0 Å². The summed E-state index contributed by atoms with van der Waals surface area (Å²) in [6.07, 6.45) is 0. The average Bonchev–Trinajstić information content (AvgIpc) is 2.55. The highest BCUT2D eigenvalue weighted by Gasteiger charge is 2.26. The highest BCUT2D eigenvalue weighted by atomic mass is 35.5. The van der Waals surface area contributed by atoms with Crippen molar-refractivity contribution in [3.63, 3.8) is 0 Å². The number of aromatic nitrogens is 1. The summed E-state index contributed by atoms with van der Waals surface area (Å²) in [6, 6.07) is 4.18. The van der Waals surface area contributed by atoms with Gasteiger partial charge in [-0.25, -0.2) is 13.8 Å². The topological polar surface area (TPSA) is 35.1 Å². The molecule has 0 aliphatic heterocycles. The van der Waals surface area contributed by atoms with Crippen LogP contribution in [0.1, 0.15) is 32.2 Å². The highest BCUT2D eigenvalue weighted by molar-refractivity contribution is 6.30. The van der Waals surface area contributed by atoms with E-state index in [2.05, 4.69) is 0 Å². The summed E-state index contributed by atoms with van der Waals surface area (Å²) in [7, 11) is 0. The SMILES string of the molecule is Cc1c(C(C)(C)C)oc(=O)n1-c1ccc(Cl)cc1F. The third-order valence-corrected chi connectivity index (χ3v) is 3.10. The number of benzene rings is 1. The molecule has 0 aliphatic carbocycles. The first kappa shape index (κ1) is 13.9. The van der Waals surface area contributed by atoms with E-state index >= 15 is 0 Å². The maximum Gasteiger partial charge on any atom is 0.424 e. The van der Waals surface area contributed by atoms with Gasteiger partial charge >= 0.3 is 5.76 Å². The molecule has 0 N–H and O–H groups in total. The van der Waals surface area contributed by atoms with Crippen LogP contribution >= 0.6 is 11.6 Å². The number of nitrogens with zero attached hydrogens (tertiary/aromatic N) is 1. The van der Waals surface area contributed by atoms with Gasteiger partial charge in [0, 0.05) is 10.4 Å². The molecule has 0 fully saturated rings. The number of halogens is 2. The van der Waals surface area contributed by atoms with Gasteiger partial charge < -0.3 is 4.42 Å². The van der Waals surface area contributed by atoms with Crippen LogP contribution in [0.4, 0.5) is 4.39 Å². The van der Waals surface area contributed by atoms with E-state index in [1.807, 2.05) is 20.8 Å². The molecule has 1 aromatic carbocycles. The first-order chi connectivity index (χ1) is 8.71. The van der Waals surface area contributed by atoms with E-state index in [9.17, 15) is 9.18 Å².